The van der Waals surface area contributed by atoms with E-state index in [0.29, 0.717) is 4.88 Å². The summed E-state index contributed by atoms with van der Waals surface area (Å²) >= 11 is 1.32. The molecule has 66 valence electrons. The zero-order valence-electron chi connectivity index (χ0n) is 5.86. The van der Waals surface area contributed by atoms with E-state index in [1.54, 1.807) is 17.5 Å². The van der Waals surface area contributed by atoms with Gasteiger partial charge in [0.2, 0.25) is 0 Å². The molecule has 0 atom stereocenters. The van der Waals surface area contributed by atoms with Crippen LogP contribution in [0.5, 0.6) is 0 Å². The second-order valence-electron chi connectivity index (χ2n) is 2.07. The summed E-state index contributed by atoms with van der Waals surface area (Å²) in [6.45, 7) is 0. The van der Waals surface area contributed by atoms with Crippen LogP contribution in [0.25, 0.3) is 0 Å². The lowest BCUT2D eigenvalue weighted by molar-refractivity contribution is -0.111. The highest BCUT2D eigenvalue weighted by Gasteiger charge is 2.18. The quantitative estimate of drug-likeness (QED) is 0.714. The third-order valence-electron chi connectivity index (χ3n) is 1.17. The van der Waals surface area contributed by atoms with Gasteiger partial charge in [-0.3, -0.25) is 4.79 Å². The predicted molar refractivity (Wildman–Crippen MR) is 47.8 cm³/mol. The van der Waals surface area contributed by atoms with Crippen LogP contribution in [0.3, 0.4) is 0 Å². The Bertz CT molecular complexity index is 366. The molecule has 0 fully saturated rings. The molecule has 0 radical (unpaired) electrons. The first kappa shape index (κ1) is 9.70. The van der Waals surface area contributed by atoms with Crippen molar-refractivity contribution in [2.24, 2.45) is 0 Å². The minimum absolute atomic E-state index is 0.135. The number of hydrogen-bond acceptors (Lipinski definition) is 4. The van der Waals surface area contributed by atoms with Crippen molar-refractivity contribution in [2.75, 3.05) is 0 Å². The molecular weight excluding hydrogens is 220 g/mol. The smallest absolute Gasteiger partial charge is 0.280 e. The molecule has 0 unspecified atom stereocenters. The molecule has 0 bridgehead atoms. The van der Waals surface area contributed by atoms with Gasteiger partial charge in [-0.1, -0.05) is 6.07 Å². The second-order valence-corrected chi connectivity index (χ2v) is 5.65. The molecule has 1 heterocycles. The van der Waals surface area contributed by atoms with Crippen molar-refractivity contribution in [3.05, 3.63) is 22.4 Å². The molecule has 12 heavy (non-hydrogen) atoms. The number of carbonyl (C=O) groups is 1. The number of thiophene rings is 1. The van der Waals surface area contributed by atoms with E-state index in [-0.39, 0.29) is 6.42 Å². The topological polar surface area (TPSA) is 51.2 Å². The van der Waals surface area contributed by atoms with Crippen LogP contribution in [0.4, 0.5) is 0 Å². The van der Waals surface area contributed by atoms with Crippen LogP contribution in [0.15, 0.2) is 17.5 Å². The molecule has 3 nitrogen and oxygen atoms in total. The molecular formula is C6H5ClO3S2. The summed E-state index contributed by atoms with van der Waals surface area (Å²) in [5.74, 6) is 0. The van der Waals surface area contributed by atoms with Gasteiger partial charge in [-0.05, 0) is 11.4 Å². The van der Waals surface area contributed by atoms with E-state index in [4.69, 9.17) is 10.7 Å². The van der Waals surface area contributed by atoms with Gasteiger partial charge in [-0.25, -0.2) is 8.42 Å². The normalized spacial score (nSPS) is 11.4. The Morgan fingerprint density at radius 1 is 1.58 bits per heavy atom. The predicted octanol–water partition coefficient (Wildman–Crippen LogP) is 1.39. The fourth-order valence-corrected chi connectivity index (χ4v) is 1.93. The van der Waals surface area contributed by atoms with Crippen molar-refractivity contribution in [1.29, 1.82) is 0 Å². The number of hydrogen-bond donors (Lipinski definition) is 0. The van der Waals surface area contributed by atoms with Crippen LogP contribution in [0.1, 0.15) is 4.88 Å². The lowest BCUT2D eigenvalue weighted by Crippen LogP contribution is -2.09. The van der Waals surface area contributed by atoms with Crippen molar-refractivity contribution in [3.63, 3.8) is 0 Å². The maximum Gasteiger partial charge on any atom is 0.295 e. The van der Waals surface area contributed by atoms with Crippen molar-refractivity contribution >= 4 is 36.2 Å². The summed E-state index contributed by atoms with van der Waals surface area (Å²) in [6, 6.07) is 3.43. The Hall–Kier alpha value is -0.390. The second kappa shape index (κ2) is 3.55. The molecule has 0 aromatic carbocycles. The Morgan fingerprint density at radius 2 is 2.25 bits per heavy atom. The highest BCUT2D eigenvalue weighted by atomic mass is 35.7. The summed E-state index contributed by atoms with van der Waals surface area (Å²) in [5, 5.41) is 0.815. The Kier molecular flexibility index (Phi) is 2.87. The molecule has 0 aliphatic rings. The van der Waals surface area contributed by atoms with Gasteiger partial charge < -0.3 is 0 Å². The van der Waals surface area contributed by atoms with Crippen molar-refractivity contribution in [3.8, 4) is 0 Å². The largest absolute Gasteiger partial charge is 0.295 e. The summed E-state index contributed by atoms with van der Waals surface area (Å²) in [6.07, 6.45) is -0.135. The summed E-state index contributed by atoms with van der Waals surface area (Å²) in [5.41, 5.74) is 0. The molecule has 6 heteroatoms. The fourth-order valence-electron chi connectivity index (χ4n) is 0.642. The maximum atomic E-state index is 10.8. The molecule has 0 aliphatic carbocycles. The van der Waals surface area contributed by atoms with E-state index in [1.165, 1.54) is 11.3 Å². The van der Waals surface area contributed by atoms with Crippen molar-refractivity contribution in [2.45, 2.75) is 6.42 Å². The van der Waals surface area contributed by atoms with Gasteiger partial charge in [0.25, 0.3) is 14.2 Å². The van der Waals surface area contributed by atoms with E-state index in [2.05, 4.69) is 0 Å². The third kappa shape index (κ3) is 2.58. The Morgan fingerprint density at radius 3 is 2.67 bits per heavy atom. The highest BCUT2D eigenvalue weighted by molar-refractivity contribution is 8.25. The average molecular weight is 225 g/mol. The standard InChI is InChI=1S/C6H5ClO3S2/c7-12(9,10)6(8)4-5-2-1-3-11-5/h1-3H,4H2. The van der Waals surface area contributed by atoms with E-state index in [9.17, 15) is 13.2 Å². The minimum Gasteiger partial charge on any atom is -0.280 e. The number of rotatable bonds is 2. The minimum atomic E-state index is -4.04. The molecule has 0 N–H and O–H groups in total. The summed E-state index contributed by atoms with van der Waals surface area (Å²) in [7, 11) is 0.789. The van der Waals surface area contributed by atoms with Crippen molar-refractivity contribution in [1.82, 2.24) is 0 Å². The van der Waals surface area contributed by atoms with Crippen LogP contribution >= 0.6 is 22.0 Å². The van der Waals surface area contributed by atoms with Gasteiger partial charge >= 0.3 is 0 Å². The van der Waals surface area contributed by atoms with Gasteiger partial charge in [0.15, 0.2) is 0 Å². The van der Waals surface area contributed by atoms with Crippen LogP contribution < -0.4 is 0 Å². The molecule has 1 aromatic rings. The van der Waals surface area contributed by atoms with Crippen LogP contribution in [-0.4, -0.2) is 13.5 Å². The lowest BCUT2D eigenvalue weighted by atomic mass is 10.4. The maximum absolute atomic E-state index is 10.8. The highest BCUT2D eigenvalue weighted by Crippen LogP contribution is 2.12. The van der Waals surface area contributed by atoms with Gasteiger partial charge in [0.05, 0.1) is 6.42 Å². The summed E-state index contributed by atoms with van der Waals surface area (Å²) < 4.78 is 21.0. The van der Waals surface area contributed by atoms with Gasteiger partial charge in [0, 0.05) is 15.6 Å². The SMILES string of the molecule is O=C(Cc1cccs1)S(=O)(=O)Cl. The van der Waals surface area contributed by atoms with Gasteiger partial charge in [-0.2, -0.15) is 0 Å². The molecule has 0 amide bonds. The average Bonchev–Trinajstić information content (AvgIpc) is 2.37. The first-order chi connectivity index (χ1) is 5.50. The van der Waals surface area contributed by atoms with Gasteiger partial charge in [-0.15, -0.1) is 11.3 Å². The van der Waals surface area contributed by atoms with Crippen LogP contribution in [0.2, 0.25) is 0 Å². The molecule has 1 aromatic heterocycles. The Labute approximate surface area is 78.4 Å². The van der Waals surface area contributed by atoms with Crippen LogP contribution in [-0.2, 0) is 20.3 Å². The lowest BCUT2D eigenvalue weighted by Gasteiger charge is -1.91. The van der Waals surface area contributed by atoms with Crippen LogP contribution in [0, 0.1) is 0 Å². The molecule has 0 aliphatic heterocycles. The number of carbonyl (C=O) groups excluding carboxylic acids is 1. The van der Waals surface area contributed by atoms with E-state index in [1.807, 2.05) is 0 Å². The van der Waals surface area contributed by atoms with Gasteiger partial charge in [0.1, 0.15) is 0 Å². The molecule has 1 rings (SSSR count). The molecule has 0 saturated carbocycles. The summed E-state index contributed by atoms with van der Waals surface area (Å²) in [4.78, 5) is 11.5. The number of halogens is 1. The molecule has 0 saturated heterocycles. The van der Waals surface area contributed by atoms with E-state index < -0.39 is 14.2 Å². The monoisotopic (exact) mass is 224 g/mol. The third-order valence-corrected chi connectivity index (χ3v) is 3.25. The zero-order chi connectivity index (χ0) is 9.19. The van der Waals surface area contributed by atoms with E-state index in [0.717, 1.165) is 0 Å². The first-order valence-corrected chi connectivity index (χ1v) is 6.19. The Balaban J connectivity index is 2.73. The first-order valence-electron chi connectivity index (χ1n) is 3.00. The fraction of sp³-hybridized carbons (Fsp3) is 0.167. The zero-order valence-corrected chi connectivity index (χ0v) is 8.25. The van der Waals surface area contributed by atoms with Crippen molar-refractivity contribution < 1.29 is 13.2 Å². The van der Waals surface area contributed by atoms with E-state index >= 15 is 0 Å². The molecule has 0 spiro atoms.